The molecule has 0 radical (unpaired) electrons. The lowest BCUT2D eigenvalue weighted by Gasteiger charge is -2.04. The van der Waals surface area contributed by atoms with E-state index in [1.54, 1.807) is 18.2 Å². The highest BCUT2D eigenvalue weighted by atomic mass is 35.5. The van der Waals surface area contributed by atoms with E-state index in [4.69, 9.17) is 28.9 Å². The zero-order valence-electron chi connectivity index (χ0n) is 8.21. The molecule has 0 saturated heterocycles. The first-order valence-electron chi connectivity index (χ1n) is 4.62. The molecule has 5 heteroatoms. The Kier molecular flexibility index (Phi) is 5.61. The Balaban J connectivity index is 2.63. The van der Waals surface area contributed by atoms with Crippen molar-refractivity contribution in [2.45, 2.75) is 12.2 Å². The normalized spacial score (nSPS) is 12.7. The summed E-state index contributed by atoms with van der Waals surface area (Å²) in [6, 6.07) is 5.19. The fourth-order valence-electron chi connectivity index (χ4n) is 1.14. The van der Waals surface area contributed by atoms with Crippen LogP contribution >= 0.6 is 23.2 Å². The molecule has 1 atom stereocenters. The van der Waals surface area contributed by atoms with Crippen molar-refractivity contribution in [1.82, 2.24) is 0 Å². The van der Waals surface area contributed by atoms with Gasteiger partial charge in [0, 0.05) is 26.6 Å². The molecular weight excluding hydrogens is 253 g/mol. The van der Waals surface area contributed by atoms with E-state index in [9.17, 15) is 4.21 Å². The highest BCUT2D eigenvalue weighted by Gasteiger charge is 2.06. The standard InChI is InChI=1S/C10H13Cl2NOS/c11-9-2-3-10(12)8(6-9)7-15(14)5-1-4-13/h2-3,6H,1,4-5,7,13H2. The van der Waals surface area contributed by atoms with Gasteiger partial charge in [-0.2, -0.15) is 0 Å². The van der Waals surface area contributed by atoms with E-state index in [1.165, 1.54) is 0 Å². The smallest absolute Gasteiger partial charge is 0.0500 e. The van der Waals surface area contributed by atoms with Gasteiger partial charge in [-0.3, -0.25) is 4.21 Å². The van der Waals surface area contributed by atoms with E-state index in [0.29, 0.717) is 28.1 Å². The number of rotatable bonds is 5. The van der Waals surface area contributed by atoms with Gasteiger partial charge in [0.1, 0.15) is 0 Å². The van der Waals surface area contributed by atoms with E-state index >= 15 is 0 Å². The average Bonchev–Trinajstić information content (AvgIpc) is 2.20. The van der Waals surface area contributed by atoms with E-state index in [2.05, 4.69) is 0 Å². The van der Waals surface area contributed by atoms with E-state index < -0.39 is 10.8 Å². The number of nitrogens with two attached hydrogens (primary N) is 1. The maximum atomic E-state index is 11.6. The van der Waals surface area contributed by atoms with Crippen LogP contribution in [-0.2, 0) is 16.6 Å². The third kappa shape index (κ3) is 4.51. The predicted molar refractivity (Wildman–Crippen MR) is 66.8 cm³/mol. The van der Waals surface area contributed by atoms with Crippen LogP contribution in [0.25, 0.3) is 0 Å². The van der Waals surface area contributed by atoms with Gasteiger partial charge in [-0.15, -0.1) is 0 Å². The summed E-state index contributed by atoms with van der Waals surface area (Å²) in [6.45, 7) is 0.565. The van der Waals surface area contributed by atoms with Crippen LogP contribution in [0.1, 0.15) is 12.0 Å². The van der Waals surface area contributed by atoms with Crippen molar-refractivity contribution in [1.29, 1.82) is 0 Å². The molecule has 84 valence electrons. The Morgan fingerprint density at radius 2 is 2.07 bits per heavy atom. The van der Waals surface area contributed by atoms with E-state index in [0.717, 1.165) is 12.0 Å². The molecule has 1 unspecified atom stereocenters. The highest BCUT2D eigenvalue weighted by molar-refractivity contribution is 7.84. The summed E-state index contributed by atoms with van der Waals surface area (Å²) in [6.07, 6.45) is 0.769. The molecule has 1 rings (SSSR count). The zero-order valence-corrected chi connectivity index (χ0v) is 10.5. The summed E-state index contributed by atoms with van der Waals surface area (Å²) in [7, 11) is -0.913. The minimum Gasteiger partial charge on any atom is -0.330 e. The number of benzene rings is 1. The SMILES string of the molecule is NCCCS(=O)Cc1cc(Cl)ccc1Cl. The van der Waals surface area contributed by atoms with E-state index in [-0.39, 0.29) is 0 Å². The van der Waals surface area contributed by atoms with Gasteiger partial charge in [-0.1, -0.05) is 23.2 Å². The Labute approximate surface area is 102 Å². The second-order valence-electron chi connectivity index (χ2n) is 3.17. The first kappa shape index (κ1) is 13.0. The van der Waals surface area contributed by atoms with Gasteiger partial charge in [0.05, 0.1) is 5.75 Å². The molecule has 0 aromatic heterocycles. The van der Waals surface area contributed by atoms with Gasteiger partial charge < -0.3 is 5.73 Å². The van der Waals surface area contributed by atoms with Crippen LogP contribution in [0.2, 0.25) is 10.0 Å². The van der Waals surface area contributed by atoms with Crippen molar-refractivity contribution >= 4 is 34.0 Å². The molecule has 0 saturated carbocycles. The van der Waals surface area contributed by atoms with Crippen molar-refractivity contribution in [2.75, 3.05) is 12.3 Å². The summed E-state index contributed by atoms with van der Waals surface area (Å²) in [5.41, 5.74) is 6.18. The van der Waals surface area contributed by atoms with Crippen LogP contribution in [-0.4, -0.2) is 16.5 Å². The molecule has 2 N–H and O–H groups in total. The molecule has 1 aromatic rings. The van der Waals surface area contributed by atoms with Gasteiger partial charge in [0.15, 0.2) is 0 Å². The lowest BCUT2D eigenvalue weighted by molar-refractivity contribution is 0.680. The van der Waals surface area contributed by atoms with Crippen molar-refractivity contribution in [2.24, 2.45) is 5.73 Å². The van der Waals surface area contributed by atoms with Crippen LogP contribution in [0.15, 0.2) is 18.2 Å². The lowest BCUT2D eigenvalue weighted by atomic mass is 10.2. The van der Waals surface area contributed by atoms with Crippen molar-refractivity contribution in [3.8, 4) is 0 Å². The quantitative estimate of drug-likeness (QED) is 0.890. The molecular formula is C10H13Cl2NOS. The molecule has 0 aliphatic rings. The highest BCUT2D eigenvalue weighted by Crippen LogP contribution is 2.21. The molecule has 0 aliphatic carbocycles. The Morgan fingerprint density at radius 1 is 1.33 bits per heavy atom. The Bertz CT molecular complexity index is 357. The first-order valence-corrected chi connectivity index (χ1v) is 6.87. The van der Waals surface area contributed by atoms with Crippen LogP contribution in [0, 0.1) is 0 Å². The molecule has 2 nitrogen and oxygen atoms in total. The summed E-state index contributed by atoms with van der Waals surface area (Å²) in [5.74, 6) is 1.05. The summed E-state index contributed by atoms with van der Waals surface area (Å²) < 4.78 is 11.6. The summed E-state index contributed by atoms with van der Waals surface area (Å²) >= 11 is 11.8. The Hall–Kier alpha value is -0.0900. The molecule has 0 spiro atoms. The van der Waals surface area contributed by atoms with Gasteiger partial charge in [0.2, 0.25) is 0 Å². The van der Waals surface area contributed by atoms with Gasteiger partial charge in [-0.05, 0) is 36.7 Å². The molecule has 0 fully saturated rings. The minimum absolute atomic E-state index is 0.444. The fourth-order valence-corrected chi connectivity index (χ4v) is 2.82. The summed E-state index contributed by atoms with van der Waals surface area (Å²) in [5, 5.41) is 1.23. The number of hydrogen-bond donors (Lipinski definition) is 1. The van der Waals surface area contributed by atoms with Crippen LogP contribution < -0.4 is 5.73 Å². The van der Waals surface area contributed by atoms with Gasteiger partial charge in [-0.25, -0.2) is 0 Å². The van der Waals surface area contributed by atoms with Crippen LogP contribution in [0.4, 0.5) is 0 Å². The number of hydrogen-bond acceptors (Lipinski definition) is 2. The molecule has 0 amide bonds. The monoisotopic (exact) mass is 265 g/mol. The third-order valence-electron chi connectivity index (χ3n) is 1.90. The Morgan fingerprint density at radius 3 is 2.73 bits per heavy atom. The molecule has 15 heavy (non-hydrogen) atoms. The van der Waals surface area contributed by atoms with Crippen molar-refractivity contribution in [3.05, 3.63) is 33.8 Å². The van der Waals surface area contributed by atoms with Crippen LogP contribution in [0.5, 0.6) is 0 Å². The van der Waals surface area contributed by atoms with Crippen molar-refractivity contribution in [3.63, 3.8) is 0 Å². The molecule has 0 bridgehead atoms. The fraction of sp³-hybridized carbons (Fsp3) is 0.400. The average molecular weight is 266 g/mol. The molecule has 0 heterocycles. The largest absolute Gasteiger partial charge is 0.330 e. The second kappa shape index (κ2) is 6.48. The van der Waals surface area contributed by atoms with E-state index in [1.807, 2.05) is 0 Å². The predicted octanol–water partition coefficient (Wildman–Crippen LogP) is 2.59. The second-order valence-corrected chi connectivity index (χ2v) is 5.59. The zero-order chi connectivity index (χ0) is 11.3. The van der Waals surface area contributed by atoms with Gasteiger partial charge >= 0.3 is 0 Å². The maximum Gasteiger partial charge on any atom is 0.0500 e. The van der Waals surface area contributed by atoms with Gasteiger partial charge in [0.25, 0.3) is 0 Å². The topological polar surface area (TPSA) is 43.1 Å². The molecule has 1 aromatic carbocycles. The molecule has 0 aliphatic heterocycles. The maximum absolute atomic E-state index is 11.6. The summed E-state index contributed by atoms with van der Waals surface area (Å²) in [4.78, 5) is 0. The first-order chi connectivity index (χ1) is 7.13. The minimum atomic E-state index is -0.913. The van der Waals surface area contributed by atoms with Crippen LogP contribution in [0.3, 0.4) is 0 Å². The lowest BCUT2D eigenvalue weighted by Crippen LogP contribution is -2.07. The number of halogens is 2. The third-order valence-corrected chi connectivity index (χ3v) is 3.88. The van der Waals surface area contributed by atoms with Crippen molar-refractivity contribution < 1.29 is 4.21 Å².